The number of fused-ring (bicyclic) bond motifs is 1. The molecule has 2 aromatic carbocycles. The number of nitrogens with one attached hydrogen (secondary N) is 1. The monoisotopic (exact) mass is 393 g/mol. The van der Waals surface area contributed by atoms with Gasteiger partial charge in [-0.3, -0.25) is 4.98 Å². The fourth-order valence-electron chi connectivity index (χ4n) is 2.63. The largest absolute Gasteiger partial charge is 0.394 e. The van der Waals surface area contributed by atoms with E-state index in [4.69, 9.17) is 17.3 Å². The first-order valence-electron chi connectivity index (χ1n) is 8.27. The van der Waals surface area contributed by atoms with Crippen molar-refractivity contribution in [1.82, 2.24) is 15.0 Å². The highest BCUT2D eigenvalue weighted by atomic mass is 35.5. The van der Waals surface area contributed by atoms with Crippen molar-refractivity contribution in [3.8, 4) is 0 Å². The van der Waals surface area contributed by atoms with Gasteiger partial charge < -0.3 is 11.1 Å². The summed E-state index contributed by atoms with van der Waals surface area (Å²) in [4.78, 5) is 14.1. The summed E-state index contributed by atoms with van der Waals surface area (Å²) in [6.45, 7) is 1.96. The molecule has 4 aromatic rings. The minimum Gasteiger partial charge on any atom is -0.394 e. The number of pyridine rings is 1. The zero-order valence-corrected chi connectivity index (χ0v) is 16.1. The van der Waals surface area contributed by atoms with E-state index < -0.39 is 0 Å². The molecule has 0 amide bonds. The van der Waals surface area contributed by atoms with E-state index in [-0.39, 0.29) is 0 Å². The molecule has 0 aliphatic carbocycles. The van der Waals surface area contributed by atoms with Crippen molar-refractivity contribution in [3.05, 3.63) is 71.6 Å². The molecule has 0 aliphatic heterocycles. The summed E-state index contributed by atoms with van der Waals surface area (Å²) in [5, 5.41) is 5.64. The van der Waals surface area contributed by atoms with Gasteiger partial charge in [0.2, 0.25) is 0 Å². The van der Waals surface area contributed by atoms with Crippen LogP contribution in [0.1, 0.15) is 5.56 Å². The number of benzene rings is 2. The smallest absolute Gasteiger partial charge is 0.158 e. The Morgan fingerprint density at radius 3 is 2.74 bits per heavy atom. The number of nitrogens with zero attached hydrogens (tertiary/aromatic N) is 3. The average molecular weight is 394 g/mol. The predicted octanol–water partition coefficient (Wildman–Crippen LogP) is 5.46. The molecule has 3 N–H and O–H groups in total. The van der Waals surface area contributed by atoms with Crippen LogP contribution in [0.3, 0.4) is 0 Å². The number of nitrogen functional groups attached to an aromatic ring is 1. The Bertz CT molecular complexity index is 1130. The summed E-state index contributed by atoms with van der Waals surface area (Å²) in [5.41, 5.74) is 9.56. The number of hydrogen-bond donors (Lipinski definition) is 2. The number of aromatic nitrogens is 3. The number of para-hydroxylation sites is 1. The number of anilines is 3. The lowest BCUT2D eigenvalue weighted by Gasteiger charge is -2.12. The van der Waals surface area contributed by atoms with Gasteiger partial charge in [0.05, 0.1) is 5.52 Å². The molecule has 2 aromatic heterocycles. The molecule has 0 spiro atoms. The van der Waals surface area contributed by atoms with Crippen LogP contribution in [0.5, 0.6) is 0 Å². The average Bonchev–Trinajstić information content (AvgIpc) is 2.68. The third kappa shape index (κ3) is 3.67. The van der Waals surface area contributed by atoms with Crippen LogP contribution in [0.25, 0.3) is 10.9 Å². The second-order valence-electron chi connectivity index (χ2n) is 5.96. The highest BCUT2D eigenvalue weighted by Crippen LogP contribution is 2.37. The van der Waals surface area contributed by atoms with Crippen molar-refractivity contribution in [1.29, 1.82) is 0 Å². The van der Waals surface area contributed by atoms with E-state index in [1.807, 2.05) is 55.5 Å². The molecule has 7 heteroatoms. The number of rotatable bonds is 4. The van der Waals surface area contributed by atoms with Crippen LogP contribution in [0.2, 0.25) is 5.02 Å². The fourth-order valence-corrected chi connectivity index (χ4v) is 3.74. The lowest BCUT2D eigenvalue weighted by atomic mass is 10.2. The van der Waals surface area contributed by atoms with Gasteiger partial charge >= 0.3 is 0 Å². The summed E-state index contributed by atoms with van der Waals surface area (Å²) in [6, 6.07) is 15.7. The topological polar surface area (TPSA) is 76.7 Å². The van der Waals surface area contributed by atoms with Crippen LogP contribution < -0.4 is 11.1 Å². The lowest BCUT2D eigenvalue weighted by Crippen LogP contribution is -2.02. The molecule has 0 fully saturated rings. The number of hydrogen-bond acceptors (Lipinski definition) is 6. The summed E-state index contributed by atoms with van der Waals surface area (Å²) >= 11 is 7.67. The van der Waals surface area contributed by atoms with Gasteiger partial charge in [-0.25, -0.2) is 9.97 Å². The third-order valence-corrected chi connectivity index (χ3v) is 5.56. The van der Waals surface area contributed by atoms with Gasteiger partial charge in [0, 0.05) is 27.2 Å². The van der Waals surface area contributed by atoms with E-state index in [1.54, 1.807) is 6.20 Å². The Hall–Kier alpha value is -2.83. The Morgan fingerprint density at radius 2 is 1.89 bits per heavy atom. The van der Waals surface area contributed by atoms with Gasteiger partial charge in [-0.05, 0) is 36.8 Å². The van der Waals surface area contributed by atoms with Crippen LogP contribution in [0.4, 0.5) is 17.2 Å². The van der Waals surface area contributed by atoms with E-state index in [9.17, 15) is 0 Å². The van der Waals surface area contributed by atoms with Gasteiger partial charge in [-0.1, -0.05) is 47.6 Å². The zero-order chi connectivity index (χ0) is 18.8. The highest BCUT2D eigenvalue weighted by Gasteiger charge is 2.12. The summed E-state index contributed by atoms with van der Waals surface area (Å²) < 4.78 is 0. The Kier molecular flexibility index (Phi) is 4.83. The molecule has 27 heavy (non-hydrogen) atoms. The van der Waals surface area contributed by atoms with E-state index in [1.165, 1.54) is 18.1 Å². The van der Waals surface area contributed by atoms with Crippen LogP contribution in [0, 0.1) is 6.92 Å². The normalized spacial score (nSPS) is 10.9. The van der Waals surface area contributed by atoms with Crippen molar-refractivity contribution >= 4 is 51.5 Å². The fraction of sp³-hybridized carbons (Fsp3) is 0.0500. The quantitative estimate of drug-likeness (QED) is 0.448. The molecule has 0 aliphatic rings. The first kappa shape index (κ1) is 17.6. The van der Waals surface area contributed by atoms with Crippen molar-refractivity contribution in [3.63, 3.8) is 0 Å². The van der Waals surface area contributed by atoms with Crippen LogP contribution in [0.15, 0.2) is 71.0 Å². The Labute approximate surface area is 166 Å². The molecule has 0 saturated heterocycles. The molecular formula is C20H16ClN5S. The molecule has 0 unspecified atom stereocenters. The van der Waals surface area contributed by atoms with Crippen molar-refractivity contribution < 1.29 is 0 Å². The second-order valence-corrected chi connectivity index (χ2v) is 7.40. The van der Waals surface area contributed by atoms with Crippen LogP contribution >= 0.6 is 23.4 Å². The second kappa shape index (κ2) is 7.42. The van der Waals surface area contributed by atoms with Gasteiger partial charge in [-0.2, -0.15) is 0 Å². The first-order chi connectivity index (χ1) is 13.1. The molecule has 0 radical (unpaired) electrons. The van der Waals surface area contributed by atoms with Crippen molar-refractivity contribution in [2.24, 2.45) is 0 Å². The van der Waals surface area contributed by atoms with E-state index in [0.29, 0.717) is 21.6 Å². The number of aryl methyl sites for hydroxylation is 1. The maximum absolute atomic E-state index is 6.33. The summed E-state index contributed by atoms with van der Waals surface area (Å²) in [5.74, 6) is 0.542. The van der Waals surface area contributed by atoms with Crippen LogP contribution in [-0.2, 0) is 0 Å². The minimum atomic E-state index is 0.479. The SMILES string of the molecule is Cc1ccc(Nc2ncnc(Sc3cccc4cccnc34)c2N)cc1Cl. The maximum atomic E-state index is 6.33. The number of nitrogens with two attached hydrogens (primary N) is 1. The molecular weight excluding hydrogens is 378 g/mol. The molecule has 4 rings (SSSR count). The van der Waals surface area contributed by atoms with Crippen molar-refractivity contribution in [2.75, 3.05) is 11.1 Å². The van der Waals surface area contributed by atoms with Gasteiger partial charge in [-0.15, -0.1) is 0 Å². The highest BCUT2D eigenvalue weighted by molar-refractivity contribution is 7.99. The molecule has 0 atom stereocenters. The molecule has 5 nitrogen and oxygen atoms in total. The molecule has 2 heterocycles. The maximum Gasteiger partial charge on any atom is 0.158 e. The zero-order valence-electron chi connectivity index (χ0n) is 14.5. The third-order valence-electron chi connectivity index (χ3n) is 4.08. The first-order valence-corrected chi connectivity index (χ1v) is 9.46. The standard InChI is InChI=1S/C20H16ClN5S/c1-12-7-8-14(10-15(12)21)26-19-17(22)20(25-11-24-19)27-16-6-2-4-13-5-3-9-23-18(13)16/h2-11H,22H2,1H3,(H,24,25,26). The Morgan fingerprint density at radius 1 is 1.04 bits per heavy atom. The summed E-state index contributed by atoms with van der Waals surface area (Å²) in [7, 11) is 0. The van der Waals surface area contributed by atoms with E-state index in [2.05, 4.69) is 20.3 Å². The van der Waals surface area contributed by atoms with Crippen molar-refractivity contribution in [2.45, 2.75) is 16.8 Å². The van der Waals surface area contributed by atoms with Crippen LogP contribution in [-0.4, -0.2) is 15.0 Å². The van der Waals surface area contributed by atoms with Gasteiger partial charge in [0.25, 0.3) is 0 Å². The molecule has 134 valence electrons. The van der Waals surface area contributed by atoms with E-state index in [0.717, 1.165) is 27.0 Å². The molecule has 0 bridgehead atoms. The minimum absolute atomic E-state index is 0.479. The van der Waals surface area contributed by atoms with E-state index >= 15 is 0 Å². The predicted molar refractivity (Wildman–Crippen MR) is 112 cm³/mol. The Balaban J connectivity index is 1.66. The summed E-state index contributed by atoms with van der Waals surface area (Å²) in [6.07, 6.45) is 3.28. The van der Waals surface area contributed by atoms with Gasteiger partial charge in [0.1, 0.15) is 17.0 Å². The molecule has 0 saturated carbocycles. The van der Waals surface area contributed by atoms with Gasteiger partial charge in [0.15, 0.2) is 5.82 Å². The number of halogens is 1. The lowest BCUT2D eigenvalue weighted by molar-refractivity contribution is 1.06.